The second kappa shape index (κ2) is 8.09. The molecule has 0 atom stereocenters. The Labute approximate surface area is 162 Å². The third kappa shape index (κ3) is 3.86. The number of amides is 1. The van der Waals surface area contributed by atoms with E-state index in [0.717, 1.165) is 16.8 Å². The zero-order chi connectivity index (χ0) is 19.2. The molecule has 6 nitrogen and oxygen atoms in total. The molecule has 0 radical (unpaired) electrons. The molecule has 4 rings (SSSR count). The fraction of sp³-hybridized carbons (Fsp3) is 0. The third-order valence-electron chi connectivity index (χ3n) is 4.02. The van der Waals surface area contributed by atoms with Crippen LogP contribution in [-0.2, 0) is 0 Å². The van der Waals surface area contributed by atoms with Crippen molar-refractivity contribution in [3.05, 3.63) is 102 Å². The van der Waals surface area contributed by atoms with Gasteiger partial charge in [-0.3, -0.25) is 4.79 Å². The van der Waals surface area contributed by atoms with Crippen LogP contribution in [0, 0.1) is 0 Å². The molecule has 4 aromatic rings. The lowest BCUT2D eigenvalue weighted by Gasteiger charge is -2.05. The number of hydrogen-bond acceptors (Lipinski definition) is 4. The van der Waals surface area contributed by atoms with Gasteiger partial charge in [-0.05, 0) is 17.7 Å². The van der Waals surface area contributed by atoms with Crippen molar-refractivity contribution < 1.29 is 4.79 Å². The molecule has 0 bridgehead atoms. The van der Waals surface area contributed by atoms with E-state index in [-0.39, 0.29) is 5.82 Å². The molecule has 0 fully saturated rings. The monoisotopic (exact) mass is 367 g/mol. The maximum absolute atomic E-state index is 12.5. The predicted octanol–water partition coefficient (Wildman–Crippen LogP) is 3.70. The van der Waals surface area contributed by atoms with Gasteiger partial charge in [0.1, 0.15) is 0 Å². The summed E-state index contributed by atoms with van der Waals surface area (Å²) in [4.78, 5) is 16.9. The Morgan fingerprint density at radius 1 is 0.857 bits per heavy atom. The first-order chi connectivity index (χ1) is 13.8. The van der Waals surface area contributed by atoms with Crippen LogP contribution in [0.2, 0.25) is 0 Å². The topological polar surface area (TPSA) is 72.2 Å². The lowest BCUT2D eigenvalue weighted by Crippen LogP contribution is -2.19. The summed E-state index contributed by atoms with van der Waals surface area (Å²) >= 11 is 0. The average molecular weight is 367 g/mol. The van der Waals surface area contributed by atoms with Gasteiger partial charge in [-0.1, -0.05) is 78.9 Å². The van der Waals surface area contributed by atoms with Crippen molar-refractivity contribution in [2.75, 3.05) is 0 Å². The molecular weight excluding hydrogens is 350 g/mol. The van der Waals surface area contributed by atoms with Crippen molar-refractivity contribution in [2.24, 2.45) is 5.10 Å². The van der Waals surface area contributed by atoms with Crippen LogP contribution >= 0.6 is 0 Å². The highest BCUT2D eigenvalue weighted by Gasteiger charge is 2.18. The number of hydrogen-bond donors (Lipinski definition) is 1. The van der Waals surface area contributed by atoms with E-state index in [0.29, 0.717) is 5.82 Å². The summed E-state index contributed by atoms with van der Waals surface area (Å²) in [5, 5.41) is 8.39. The number of aromatic nitrogens is 3. The molecule has 1 N–H and O–H groups in total. The molecule has 0 saturated carbocycles. The molecular formula is C22H17N5O. The van der Waals surface area contributed by atoms with E-state index in [9.17, 15) is 4.79 Å². The molecule has 0 unspecified atom stereocenters. The van der Waals surface area contributed by atoms with E-state index in [1.807, 2.05) is 91.0 Å². The lowest BCUT2D eigenvalue weighted by molar-refractivity contribution is 0.0945. The smallest absolute Gasteiger partial charge is 0.264 e. The van der Waals surface area contributed by atoms with Crippen LogP contribution in [0.4, 0.5) is 0 Å². The molecule has 0 saturated heterocycles. The standard InChI is InChI=1S/C22H17N5O/c28-22(25-23-16-17-10-4-1-5-11-17)20-24-21(18-12-6-2-7-13-18)27(26-20)19-14-8-3-9-15-19/h1-16H,(H,25,28). The number of nitrogens with one attached hydrogen (secondary N) is 1. The van der Waals surface area contributed by atoms with E-state index in [1.165, 1.54) is 0 Å². The normalized spacial score (nSPS) is 10.9. The Balaban J connectivity index is 1.63. The summed E-state index contributed by atoms with van der Waals surface area (Å²) < 4.78 is 1.66. The van der Waals surface area contributed by atoms with Crippen molar-refractivity contribution in [3.63, 3.8) is 0 Å². The summed E-state index contributed by atoms with van der Waals surface area (Å²) in [5.74, 6) is 0.163. The molecule has 3 aromatic carbocycles. The molecule has 0 aliphatic heterocycles. The first kappa shape index (κ1) is 17.4. The van der Waals surface area contributed by atoms with Crippen molar-refractivity contribution >= 4 is 12.1 Å². The number of hydrazone groups is 1. The van der Waals surface area contributed by atoms with Gasteiger partial charge in [-0.15, -0.1) is 5.10 Å². The predicted molar refractivity (Wildman–Crippen MR) is 108 cm³/mol. The highest BCUT2D eigenvalue weighted by atomic mass is 16.2. The second-order valence-corrected chi connectivity index (χ2v) is 5.98. The maximum atomic E-state index is 12.5. The number of carbonyl (C=O) groups excluding carboxylic acids is 1. The largest absolute Gasteiger partial charge is 0.311 e. The molecule has 6 heteroatoms. The number of rotatable bonds is 5. The van der Waals surface area contributed by atoms with Crippen molar-refractivity contribution in [2.45, 2.75) is 0 Å². The van der Waals surface area contributed by atoms with E-state index < -0.39 is 5.91 Å². The molecule has 1 amide bonds. The summed E-state index contributed by atoms with van der Waals surface area (Å²) in [6.07, 6.45) is 1.57. The Hall–Kier alpha value is -4.06. The number of benzene rings is 3. The van der Waals surface area contributed by atoms with Gasteiger partial charge in [-0.2, -0.15) is 5.10 Å². The maximum Gasteiger partial charge on any atom is 0.311 e. The van der Waals surface area contributed by atoms with Crippen LogP contribution in [0.15, 0.2) is 96.1 Å². The zero-order valence-electron chi connectivity index (χ0n) is 14.9. The molecule has 1 aromatic heterocycles. The third-order valence-corrected chi connectivity index (χ3v) is 4.02. The van der Waals surface area contributed by atoms with Gasteiger partial charge in [0.15, 0.2) is 5.82 Å². The summed E-state index contributed by atoms with van der Waals surface area (Å²) in [6.45, 7) is 0. The fourth-order valence-electron chi connectivity index (χ4n) is 2.69. The lowest BCUT2D eigenvalue weighted by atomic mass is 10.2. The van der Waals surface area contributed by atoms with Crippen molar-refractivity contribution in [1.29, 1.82) is 0 Å². The second-order valence-electron chi connectivity index (χ2n) is 5.98. The molecule has 0 spiro atoms. The number of carbonyl (C=O) groups is 1. The first-order valence-electron chi connectivity index (χ1n) is 8.77. The highest BCUT2D eigenvalue weighted by molar-refractivity contribution is 5.92. The molecule has 0 aliphatic carbocycles. The van der Waals surface area contributed by atoms with Crippen molar-refractivity contribution in [1.82, 2.24) is 20.2 Å². The minimum atomic E-state index is -0.473. The summed E-state index contributed by atoms with van der Waals surface area (Å²) in [5.41, 5.74) is 5.05. The van der Waals surface area contributed by atoms with E-state index in [2.05, 4.69) is 20.6 Å². The highest BCUT2D eigenvalue weighted by Crippen LogP contribution is 2.20. The van der Waals surface area contributed by atoms with Gasteiger partial charge < -0.3 is 0 Å². The molecule has 0 aliphatic rings. The minimum Gasteiger partial charge on any atom is -0.264 e. The minimum absolute atomic E-state index is 0.0490. The Morgan fingerprint density at radius 3 is 2.14 bits per heavy atom. The van der Waals surface area contributed by atoms with E-state index in [1.54, 1.807) is 10.9 Å². The zero-order valence-corrected chi connectivity index (χ0v) is 14.9. The quantitative estimate of drug-likeness (QED) is 0.432. The number of para-hydroxylation sites is 1. The van der Waals surface area contributed by atoms with Crippen LogP contribution in [-0.4, -0.2) is 26.9 Å². The Bertz CT molecular complexity index is 1030. The van der Waals surface area contributed by atoms with Crippen LogP contribution in [0.25, 0.3) is 17.1 Å². The van der Waals surface area contributed by atoms with Gasteiger partial charge in [-0.25, -0.2) is 15.1 Å². The molecule has 1 heterocycles. The van der Waals surface area contributed by atoms with Gasteiger partial charge in [0.25, 0.3) is 0 Å². The Morgan fingerprint density at radius 2 is 1.46 bits per heavy atom. The van der Waals surface area contributed by atoms with Crippen LogP contribution in [0.1, 0.15) is 16.2 Å². The number of nitrogens with zero attached hydrogens (tertiary/aromatic N) is 4. The van der Waals surface area contributed by atoms with E-state index in [4.69, 9.17) is 0 Å². The van der Waals surface area contributed by atoms with Gasteiger partial charge in [0.05, 0.1) is 11.9 Å². The van der Waals surface area contributed by atoms with Crippen molar-refractivity contribution in [3.8, 4) is 17.1 Å². The van der Waals surface area contributed by atoms with Crippen LogP contribution in [0.5, 0.6) is 0 Å². The summed E-state index contributed by atoms with van der Waals surface area (Å²) in [6, 6.07) is 28.7. The Kier molecular flexibility index (Phi) is 5.02. The fourth-order valence-corrected chi connectivity index (χ4v) is 2.69. The summed E-state index contributed by atoms with van der Waals surface area (Å²) in [7, 11) is 0. The van der Waals surface area contributed by atoms with E-state index >= 15 is 0 Å². The van der Waals surface area contributed by atoms with Gasteiger partial charge >= 0.3 is 5.91 Å². The molecule has 136 valence electrons. The molecule has 28 heavy (non-hydrogen) atoms. The van der Waals surface area contributed by atoms with Gasteiger partial charge in [0, 0.05) is 5.56 Å². The van der Waals surface area contributed by atoms with Gasteiger partial charge in [0.2, 0.25) is 5.82 Å². The average Bonchev–Trinajstić information content (AvgIpc) is 3.21. The SMILES string of the molecule is O=C(NN=Cc1ccccc1)c1nc(-c2ccccc2)n(-c2ccccc2)n1. The van der Waals surface area contributed by atoms with Crippen LogP contribution < -0.4 is 5.43 Å². The first-order valence-corrected chi connectivity index (χ1v) is 8.77. The van der Waals surface area contributed by atoms with Crippen LogP contribution in [0.3, 0.4) is 0 Å².